The fourth-order valence-corrected chi connectivity index (χ4v) is 3.16. The van der Waals surface area contributed by atoms with Gasteiger partial charge in [0.25, 0.3) is 0 Å². The van der Waals surface area contributed by atoms with Crippen molar-refractivity contribution < 1.29 is 9.32 Å². The lowest BCUT2D eigenvalue weighted by atomic mass is 10.2. The first-order chi connectivity index (χ1) is 13.5. The van der Waals surface area contributed by atoms with Gasteiger partial charge in [0.1, 0.15) is 0 Å². The van der Waals surface area contributed by atoms with Gasteiger partial charge < -0.3 is 20.1 Å². The van der Waals surface area contributed by atoms with Crippen LogP contribution < -0.4 is 10.6 Å². The summed E-state index contributed by atoms with van der Waals surface area (Å²) in [6.45, 7) is 5.64. The van der Waals surface area contributed by atoms with Gasteiger partial charge in [-0.3, -0.25) is 9.79 Å². The van der Waals surface area contributed by atoms with E-state index in [0.717, 1.165) is 18.5 Å². The minimum absolute atomic E-state index is 0.0172. The molecule has 8 nitrogen and oxygen atoms in total. The maximum Gasteiger partial charge on any atom is 0.246 e. The van der Waals surface area contributed by atoms with Crippen molar-refractivity contribution >= 4 is 23.5 Å². The van der Waals surface area contributed by atoms with E-state index in [2.05, 4.69) is 25.8 Å². The maximum absolute atomic E-state index is 12.1. The molecule has 1 unspecified atom stereocenters. The zero-order valence-corrected chi connectivity index (χ0v) is 17.0. The van der Waals surface area contributed by atoms with Crippen LogP contribution in [-0.2, 0) is 11.3 Å². The summed E-state index contributed by atoms with van der Waals surface area (Å²) >= 11 is 5.90. The summed E-state index contributed by atoms with van der Waals surface area (Å²) in [5, 5.41) is 11.2. The van der Waals surface area contributed by atoms with Gasteiger partial charge in [-0.2, -0.15) is 4.98 Å². The number of likely N-dealkylation sites (tertiary alicyclic amines) is 1. The van der Waals surface area contributed by atoms with E-state index in [9.17, 15) is 4.79 Å². The van der Waals surface area contributed by atoms with Crippen molar-refractivity contribution in [2.45, 2.75) is 32.9 Å². The standard InChI is InChI=1S/C19H25ClN6O2/c1-12(2)18(27)26-9-8-15(11-26)23-19(21-3)22-10-16-24-17(25-28-16)13-4-6-14(20)7-5-13/h4-7,12,15H,8-11H2,1-3H3,(H2,21,22,23). The van der Waals surface area contributed by atoms with Crippen molar-refractivity contribution in [1.29, 1.82) is 0 Å². The molecule has 2 aromatic rings. The third kappa shape index (κ3) is 5.01. The van der Waals surface area contributed by atoms with Gasteiger partial charge >= 0.3 is 0 Å². The summed E-state index contributed by atoms with van der Waals surface area (Å²) in [5.74, 6) is 1.80. The molecular weight excluding hydrogens is 380 g/mol. The molecule has 1 aliphatic rings. The highest BCUT2D eigenvalue weighted by Gasteiger charge is 2.28. The van der Waals surface area contributed by atoms with Gasteiger partial charge in [-0.1, -0.05) is 30.6 Å². The molecule has 28 heavy (non-hydrogen) atoms. The van der Waals surface area contributed by atoms with E-state index in [1.54, 1.807) is 19.2 Å². The largest absolute Gasteiger partial charge is 0.352 e. The van der Waals surface area contributed by atoms with Gasteiger partial charge in [-0.15, -0.1) is 0 Å². The third-order valence-corrected chi connectivity index (χ3v) is 4.79. The highest BCUT2D eigenvalue weighted by molar-refractivity contribution is 6.30. The van der Waals surface area contributed by atoms with Gasteiger partial charge in [0, 0.05) is 42.7 Å². The third-order valence-electron chi connectivity index (χ3n) is 4.54. The predicted octanol–water partition coefficient (Wildman–Crippen LogP) is 2.31. The number of guanidine groups is 1. The van der Waals surface area contributed by atoms with E-state index in [0.29, 0.717) is 35.8 Å². The summed E-state index contributed by atoms with van der Waals surface area (Å²) in [7, 11) is 1.70. The van der Waals surface area contributed by atoms with Gasteiger partial charge in [0.2, 0.25) is 17.6 Å². The quantitative estimate of drug-likeness (QED) is 0.586. The van der Waals surface area contributed by atoms with E-state index < -0.39 is 0 Å². The minimum atomic E-state index is 0.0172. The second kappa shape index (κ2) is 9.05. The first-order valence-corrected chi connectivity index (χ1v) is 9.68. The SMILES string of the molecule is CN=C(NCc1nc(-c2ccc(Cl)cc2)no1)NC1CCN(C(=O)C(C)C)C1. The smallest absolute Gasteiger partial charge is 0.246 e. The van der Waals surface area contributed by atoms with Crippen molar-refractivity contribution in [2.75, 3.05) is 20.1 Å². The van der Waals surface area contributed by atoms with Crippen LogP contribution >= 0.6 is 11.6 Å². The number of carbonyl (C=O) groups excluding carboxylic acids is 1. The van der Waals surface area contributed by atoms with Crippen LogP contribution in [-0.4, -0.2) is 53.1 Å². The van der Waals surface area contributed by atoms with Gasteiger partial charge in [-0.05, 0) is 30.7 Å². The van der Waals surface area contributed by atoms with Crippen LogP contribution in [0.25, 0.3) is 11.4 Å². The number of carbonyl (C=O) groups is 1. The average molecular weight is 405 g/mol. The second-order valence-corrected chi connectivity index (χ2v) is 7.45. The van der Waals surface area contributed by atoms with Crippen molar-refractivity contribution in [3.63, 3.8) is 0 Å². The number of hydrogen-bond donors (Lipinski definition) is 2. The number of benzene rings is 1. The highest BCUT2D eigenvalue weighted by atomic mass is 35.5. The molecule has 2 heterocycles. The van der Waals surface area contributed by atoms with Crippen LogP contribution in [0, 0.1) is 5.92 Å². The molecule has 150 valence electrons. The second-order valence-electron chi connectivity index (χ2n) is 7.01. The summed E-state index contributed by atoms with van der Waals surface area (Å²) in [6, 6.07) is 7.42. The predicted molar refractivity (Wildman–Crippen MR) is 108 cm³/mol. The zero-order chi connectivity index (χ0) is 20.1. The molecule has 0 spiro atoms. The molecule has 9 heteroatoms. The summed E-state index contributed by atoms with van der Waals surface area (Å²) in [4.78, 5) is 22.6. The Morgan fingerprint density at radius 3 is 2.82 bits per heavy atom. The molecule has 0 bridgehead atoms. The normalized spacial score (nSPS) is 17.2. The lowest BCUT2D eigenvalue weighted by molar-refractivity contribution is -0.133. The number of nitrogens with zero attached hydrogens (tertiary/aromatic N) is 4. The van der Waals surface area contributed by atoms with Gasteiger partial charge in [-0.25, -0.2) is 0 Å². The number of hydrogen-bond acceptors (Lipinski definition) is 5. The Hall–Kier alpha value is -2.61. The topological polar surface area (TPSA) is 95.7 Å². The number of halogens is 1. The van der Waals surface area contributed by atoms with E-state index >= 15 is 0 Å². The monoisotopic (exact) mass is 404 g/mol. The average Bonchev–Trinajstić information content (AvgIpc) is 3.34. The van der Waals surface area contributed by atoms with E-state index in [1.807, 2.05) is 30.9 Å². The molecule has 1 aromatic carbocycles. The molecular formula is C19H25ClN6O2. The first kappa shape index (κ1) is 20.1. The zero-order valence-electron chi connectivity index (χ0n) is 16.3. The molecule has 1 aromatic heterocycles. The Bertz CT molecular complexity index is 833. The molecule has 1 atom stereocenters. The number of aliphatic imine (C=N–C) groups is 1. The van der Waals surface area contributed by atoms with Crippen LogP contribution in [0.1, 0.15) is 26.2 Å². The Labute approximate surface area is 169 Å². The molecule has 0 aliphatic carbocycles. The van der Waals surface area contributed by atoms with Crippen molar-refractivity contribution in [1.82, 2.24) is 25.7 Å². The number of nitrogens with one attached hydrogen (secondary N) is 2. The van der Waals surface area contributed by atoms with Crippen molar-refractivity contribution in [3.8, 4) is 11.4 Å². The van der Waals surface area contributed by atoms with Crippen LogP contribution in [0.5, 0.6) is 0 Å². The molecule has 2 N–H and O–H groups in total. The van der Waals surface area contributed by atoms with Gasteiger partial charge in [0.05, 0.1) is 6.54 Å². The molecule has 1 amide bonds. The fraction of sp³-hybridized carbons (Fsp3) is 0.474. The minimum Gasteiger partial charge on any atom is -0.352 e. The molecule has 0 radical (unpaired) electrons. The first-order valence-electron chi connectivity index (χ1n) is 9.30. The van der Waals surface area contributed by atoms with Crippen molar-refractivity contribution in [2.24, 2.45) is 10.9 Å². The molecule has 1 fully saturated rings. The molecule has 1 saturated heterocycles. The lowest BCUT2D eigenvalue weighted by Gasteiger charge is -2.20. The maximum atomic E-state index is 12.1. The van der Waals surface area contributed by atoms with Crippen LogP contribution in [0.3, 0.4) is 0 Å². The lowest BCUT2D eigenvalue weighted by Crippen LogP contribution is -2.45. The van der Waals surface area contributed by atoms with Crippen LogP contribution in [0.4, 0.5) is 0 Å². The molecule has 1 aliphatic heterocycles. The molecule has 3 rings (SSSR count). The van der Waals surface area contributed by atoms with Crippen LogP contribution in [0.15, 0.2) is 33.8 Å². The van der Waals surface area contributed by atoms with E-state index in [4.69, 9.17) is 16.1 Å². The Morgan fingerprint density at radius 1 is 1.39 bits per heavy atom. The molecule has 0 saturated carbocycles. The van der Waals surface area contributed by atoms with E-state index in [1.165, 1.54) is 0 Å². The van der Waals surface area contributed by atoms with Crippen molar-refractivity contribution in [3.05, 3.63) is 35.2 Å². The summed E-state index contributed by atoms with van der Waals surface area (Å²) < 4.78 is 5.30. The number of rotatable bonds is 5. The fourth-order valence-electron chi connectivity index (χ4n) is 3.03. The van der Waals surface area contributed by atoms with Crippen LogP contribution in [0.2, 0.25) is 5.02 Å². The Kier molecular flexibility index (Phi) is 6.51. The summed E-state index contributed by atoms with van der Waals surface area (Å²) in [5.41, 5.74) is 0.836. The Morgan fingerprint density at radius 2 is 2.14 bits per heavy atom. The van der Waals surface area contributed by atoms with Gasteiger partial charge in [0.15, 0.2) is 5.96 Å². The Balaban J connectivity index is 1.51. The summed E-state index contributed by atoms with van der Waals surface area (Å²) in [6.07, 6.45) is 0.889. The number of amides is 1. The highest BCUT2D eigenvalue weighted by Crippen LogP contribution is 2.18. The number of aromatic nitrogens is 2. The van der Waals surface area contributed by atoms with E-state index in [-0.39, 0.29) is 17.9 Å².